The third kappa shape index (κ3) is 2.90. The Morgan fingerprint density at radius 3 is 2.26 bits per heavy atom. The minimum absolute atomic E-state index is 0.245. The van der Waals surface area contributed by atoms with Crippen LogP contribution < -0.4 is 0 Å². The van der Waals surface area contributed by atoms with Crippen molar-refractivity contribution in [2.24, 2.45) is 0 Å². The van der Waals surface area contributed by atoms with Crippen LogP contribution in [0.25, 0.3) is 11.1 Å². The molecule has 1 unspecified atom stereocenters. The summed E-state index contributed by atoms with van der Waals surface area (Å²) in [6.07, 6.45) is 0. The second-order valence-corrected chi connectivity index (χ2v) is 4.38. The van der Waals surface area contributed by atoms with Crippen LogP contribution in [0, 0.1) is 11.6 Å². The molecule has 0 aliphatic rings. The number of benzene rings is 2. The van der Waals surface area contributed by atoms with Crippen molar-refractivity contribution in [3.05, 3.63) is 59.7 Å². The molecule has 0 aliphatic carbocycles. The molecule has 0 saturated carbocycles. The first-order valence-corrected chi connectivity index (χ1v) is 5.85. The van der Waals surface area contributed by atoms with E-state index in [1.807, 2.05) is 0 Å². The van der Waals surface area contributed by atoms with Crippen molar-refractivity contribution in [3.8, 4) is 11.1 Å². The van der Waals surface area contributed by atoms with E-state index in [1.54, 1.807) is 12.1 Å². The standard InChI is InChI=1S/C14H9ClF2O2/c15-13(14(18)19)9-3-1-8(2-4-9)11-6-5-10(16)7-12(11)17/h1-7,13H,(H,18,19). The summed E-state index contributed by atoms with van der Waals surface area (Å²) in [4.78, 5) is 10.7. The summed E-state index contributed by atoms with van der Waals surface area (Å²) in [6.45, 7) is 0. The van der Waals surface area contributed by atoms with Gasteiger partial charge in [0.2, 0.25) is 0 Å². The van der Waals surface area contributed by atoms with Crippen LogP contribution in [0.4, 0.5) is 8.78 Å². The van der Waals surface area contributed by atoms with E-state index in [4.69, 9.17) is 16.7 Å². The number of rotatable bonds is 3. The zero-order valence-electron chi connectivity index (χ0n) is 9.61. The highest BCUT2D eigenvalue weighted by atomic mass is 35.5. The molecule has 0 saturated heterocycles. The highest BCUT2D eigenvalue weighted by Crippen LogP contribution is 2.27. The quantitative estimate of drug-likeness (QED) is 0.864. The molecule has 1 atom stereocenters. The van der Waals surface area contributed by atoms with Gasteiger partial charge in [-0.25, -0.2) is 8.78 Å². The molecule has 0 aliphatic heterocycles. The fraction of sp³-hybridized carbons (Fsp3) is 0.0714. The lowest BCUT2D eigenvalue weighted by Crippen LogP contribution is -2.04. The van der Waals surface area contributed by atoms with Crippen LogP contribution in [0.5, 0.6) is 0 Å². The van der Waals surface area contributed by atoms with Gasteiger partial charge in [-0.1, -0.05) is 24.3 Å². The lowest BCUT2D eigenvalue weighted by Gasteiger charge is -2.07. The van der Waals surface area contributed by atoms with Gasteiger partial charge >= 0.3 is 5.97 Å². The average molecular weight is 283 g/mol. The number of hydrogen-bond donors (Lipinski definition) is 1. The van der Waals surface area contributed by atoms with Crippen molar-refractivity contribution < 1.29 is 18.7 Å². The van der Waals surface area contributed by atoms with Crippen LogP contribution in [0.1, 0.15) is 10.9 Å². The number of aliphatic carboxylic acids is 1. The van der Waals surface area contributed by atoms with Gasteiger partial charge in [0.05, 0.1) is 0 Å². The Hall–Kier alpha value is -1.94. The van der Waals surface area contributed by atoms with Gasteiger partial charge in [0.25, 0.3) is 0 Å². The van der Waals surface area contributed by atoms with Gasteiger partial charge in [-0.2, -0.15) is 0 Å². The minimum Gasteiger partial charge on any atom is -0.480 e. The fourth-order valence-corrected chi connectivity index (χ4v) is 1.84. The molecule has 0 spiro atoms. The molecule has 0 radical (unpaired) electrons. The molecule has 2 nitrogen and oxygen atoms in total. The van der Waals surface area contributed by atoms with Crippen LogP contribution in [0.15, 0.2) is 42.5 Å². The molecule has 2 aromatic carbocycles. The van der Waals surface area contributed by atoms with Crippen molar-refractivity contribution in [2.45, 2.75) is 5.38 Å². The van der Waals surface area contributed by atoms with E-state index in [1.165, 1.54) is 18.2 Å². The number of carbonyl (C=O) groups is 1. The Labute approximate surface area is 113 Å². The maximum Gasteiger partial charge on any atom is 0.326 e. The summed E-state index contributed by atoms with van der Waals surface area (Å²) in [5.74, 6) is -2.47. The van der Waals surface area contributed by atoms with E-state index >= 15 is 0 Å². The SMILES string of the molecule is O=C(O)C(Cl)c1ccc(-c2ccc(F)cc2F)cc1. The Kier molecular flexibility index (Phi) is 3.81. The third-order valence-electron chi connectivity index (χ3n) is 2.66. The number of carboxylic acid groups (broad SMARTS) is 1. The summed E-state index contributed by atoms with van der Waals surface area (Å²) in [6, 6.07) is 9.38. The first kappa shape index (κ1) is 13.5. The normalized spacial score (nSPS) is 12.2. The van der Waals surface area contributed by atoms with Crippen LogP contribution in [0.3, 0.4) is 0 Å². The molecule has 0 fully saturated rings. The van der Waals surface area contributed by atoms with E-state index in [0.29, 0.717) is 11.1 Å². The van der Waals surface area contributed by atoms with Gasteiger partial charge in [-0.3, -0.25) is 4.79 Å². The lowest BCUT2D eigenvalue weighted by atomic mass is 10.0. The van der Waals surface area contributed by atoms with E-state index in [0.717, 1.165) is 12.1 Å². The largest absolute Gasteiger partial charge is 0.480 e. The summed E-state index contributed by atoms with van der Waals surface area (Å²) in [5, 5.41) is 7.62. The maximum atomic E-state index is 13.6. The van der Waals surface area contributed by atoms with Crippen LogP contribution >= 0.6 is 11.6 Å². The summed E-state index contributed by atoms with van der Waals surface area (Å²) < 4.78 is 26.4. The molecule has 0 amide bonds. The second-order valence-electron chi connectivity index (χ2n) is 3.95. The highest BCUT2D eigenvalue weighted by Gasteiger charge is 2.16. The Bertz CT molecular complexity index is 611. The first-order chi connectivity index (χ1) is 8.99. The van der Waals surface area contributed by atoms with Gasteiger partial charge in [-0.05, 0) is 23.3 Å². The maximum absolute atomic E-state index is 13.6. The highest BCUT2D eigenvalue weighted by molar-refractivity contribution is 6.29. The molecule has 0 heterocycles. The molecule has 2 rings (SSSR count). The molecule has 0 bridgehead atoms. The molecule has 19 heavy (non-hydrogen) atoms. The smallest absolute Gasteiger partial charge is 0.326 e. The van der Waals surface area contributed by atoms with Gasteiger partial charge in [0.15, 0.2) is 5.38 Å². The zero-order chi connectivity index (χ0) is 14.0. The van der Waals surface area contributed by atoms with Crippen molar-refractivity contribution in [1.29, 1.82) is 0 Å². The Morgan fingerprint density at radius 1 is 1.11 bits per heavy atom. The summed E-state index contributed by atoms with van der Waals surface area (Å²) >= 11 is 5.67. The van der Waals surface area contributed by atoms with Crippen LogP contribution in [-0.2, 0) is 4.79 Å². The Morgan fingerprint density at radius 2 is 1.74 bits per heavy atom. The monoisotopic (exact) mass is 282 g/mol. The number of carboxylic acids is 1. The molecule has 5 heteroatoms. The van der Waals surface area contributed by atoms with Crippen LogP contribution in [-0.4, -0.2) is 11.1 Å². The summed E-state index contributed by atoms with van der Waals surface area (Å²) in [5.41, 5.74) is 1.17. The van der Waals surface area contributed by atoms with Crippen LogP contribution in [0.2, 0.25) is 0 Å². The van der Waals surface area contributed by atoms with Gasteiger partial charge < -0.3 is 5.11 Å². The fourth-order valence-electron chi connectivity index (χ4n) is 1.70. The lowest BCUT2D eigenvalue weighted by molar-refractivity contribution is -0.136. The van der Waals surface area contributed by atoms with Gasteiger partial charge in [0.1, 0.15) is 11.6 Å². The van der Waals surface area contributed by atoms with E-state index in [9.17, 15) is 13.6 Å². The van der Waals surface area contributed by atoms with Gasteiger partial charge in [0, 0.05) is 11.6 Å². The zero-order valence-corrected chi connectivity index (χ0v) is 10.4. The third-order valence-corrected chi connectivity index (χ3v) is 3.10. The Balaban J connectivity index is 2.35. The van der Waals surface area contributed by atoms with Crippen molar-refractivity contribution in [1.82, 2.24) is 0 Å². The number of halogens is 3. The molecule has 2 aromatic rings. The van der Waals surface area contributed by atoms with Crippen molar-refractivity contribution in [3.63, 3.8) is 0 Å². The van der Waals surface area contributed by atoms with Crippen molar-refractivity contribution >= 4 is 17.6 Å². The summed E-state index contributed by atoms with van der Waals surface area (Å²) in [7, 11) is 0. The van der Waals surface area contributed by atoms with E-state index in [-0.39, 0.29) is 5.56 Å². The second kappa shape index (κ2) is 5.36. The first-order valence-electron chi connectivity index (χ1n) is 5.41. The minimum atomic E-state index is -1.15. The number of hydrogen-bond acceptors (Lipinski definition) is 1. The molecule has 98 valence electrons. The van der Waals surface area contributed by atoms with Crippen molar-refractivity contribution in [2.75, 3.05) is 0 Å². The van der Waals surface area contributed by atoms with Gasteiger partial charge in [-0.15, -0.1) is 11.6 Å². The number of alkyl halides is 1. The predicted octanol–water partition coefficient (Wildman–Crippen LogP) is 4.00. The topological polar surface area (TPSA) is 37.3 Å². The molecule has 0 aromatic heterocycles. The molecule has 1 N–H and O–H groups in total. The van der Waals surface area contributed by atoms with E-state index in [2.05, 4.69) is 0 Å². The average Bonchev–Trinajstić information content (AvgIpc) is 2.38. The molecular weight excluding hydrogens is 274 g/mol. The predicted molar refractivity (Wildman–Crippen MR) is 68.0 cm³/mol. The van der Waals surface area contributed by atoms with E-state index < -0.39 is 23.0 Å². The molecular formula is C14H9ClF2O2.